The Bertz CT molecular complexity index is 489. The molecule has 1 aromatic heterocycles. The maximum absolute atomic E-state index is 12.1. The summed E-state index contributed by atoms with van der Waals surface area (Å²) in [7, 11) is -3.52. The molecule has 0 atom stereocenters. The normalized spacial score (nSPS) is 20.4. The third kappa shape index (κ3) is 2.85. The van der Waals surface area contributed by atoms with E-state index in [1.54, 1.807) is 6.92 Å². The van der Waals surface area contributed by atoms with Crippen LogP contribution in [0, 0.1) is 6.92 Å². The number of aromatic nitrogens is 2. The van der Waals surface area contributed by atoms with Gasteiger partial charge in [-0.15, -0.1) is 0 Å². The summed E-state index contributed by atoms with van der Waals surface area (Å²) in [6.07, 6.45) is 2.69. The highest BCUT2D eigenvalue weighted by atomic mass is 32.2. The molecule has 1 fully saturated rings. The molecule has 1 aliphatic heterocycles. The summed E-state index contributed by atoms with van der Waals surface area (Å²) in [5.41, 5.74) is -0.434. The predicted molar refractivity (Wildman–Crippen MR) is 62.1 cm³/mol. The van der Waals surface area contributed by atoms with Crippen molar-refractivity contribution in [3.05, 3.63) is 12.0 Å². The van der Waals surface area contributed by atoms with E-state index in [1.807, 2.05) is 6.92 Å². The van der Waals surface area contributed by atoms with Gasteiger partial charge in [-0.1, -0.05) is 0 Å². The lowest BCUT2D eigenvalue weighted by Crippen LogP contribution is -2.49. The second-order valence-corrected chi connectivity index (χ2v) is 6.26. The standard InChI is InChI=1S/C10H17N3O3S/c1-8-11-7-9(12-8)17(14,15)13-10(2)3-5-16-6-4-10/h7,13H,3-6H2,1-2H3,(H,11,12). The van der Waals surface area contributed by atoms with Crippen LogP contribution in [0.1, 0.15) is 25.6 Å². The summed E-state index contributed by atoms with van der Waals surface area (Å²) in [5, 5.41) is 0.114. The first-order valence-electron chi connectivity index (χ1n) is 5.55. The van der Waals surface area contributed by atoms with Crippen molar-refractivity contribution in [1.29, 1.82) is 0 Å². The summed E-state index contributed by atoms with van der Waals surface area (Å²) in [5.74, 6) is 0.586. The molecule has 1 aliphatic rings. The molecule has 96 valence electrons. The second kappa shape index (κ2) is 4.40. The fourth-order valence-electron chi connectivity index (χ4n) is 1.84. The highest BCUT2D eigenvalue weighted by molar-refractivity contribution is 7.89. The molecule has 1 aromatic rings. The minimum atomic E-state index is -3.52. The fourth-order valence-corrected chi connectivity index (χ4v) is 3.27. The zero-order valence-electron chi connectivity index (χ0n) is 9.99. The van der Waals surface area contributed by atoms with Crippen molar-refractivity contribution in [3.63, 3.8) is 0 Å². The van der Waals surface area contributed by atoms with Crippen LogP contribution in [-0.2, 0) is 14.8 Å². The monoisotopic (exact) mass is 259 g/mol. The molecule has 0 bridgehead atoms. The van der Waals surface area contributed by atoms with Gasteiger partial charge in [0.1, 0.15) is 5.82 Å². The van der Waals surface area contributed by atoms with E-state index in [2.05, 4.69) is 14.7 Å². The van der Waals surface area contributed by atoms with Crippen LogP contribution in [0.2, 0.25) is 0 Å². The van der Waals surface area contributed by atoms with Gasteiger partial charge in [0.25, 0.3) is 10.0 Å². The molecular formula is C10H17N3O3S. The van der Waals surface area contributed by atoms with E-state index < -0.39 is 15.6 Å². The third-order valence-electron chi connectivity index (χ3n) is 2.95. The molecule has 17 heavy (non-hydrogen) atoms. The number of hydrogen-bond donors (Lipinski definition) is 2. The summed E-state index contributed by atoms with van der Waals surface area (Å²) in [4.78, 5) is 6.63. The maximum Gasteiger partial charge on any atom is 0.258 e. The first kappa shape index (κ1) is 12.5. The van der Waals surface area contributed by atoms with Crippen LogP contribution < -0.4 is 4.72 Å². The number of H-pyrrole nitrogens is 1. The first-order chi connectivity index (χ1) is 7.91. The van der Waals surface area contributed by atoms with Gasteiger partial charge >= 0.3 is 0 Å². The number of nitrogens with zero attached hydrogens (tertiary/aromatic N) is 1. The molecule has 2 rings (SSSR count). The van der Waals surface area contributed by atoms with Crippen molar-refractivity contribution in [1.82, 2.24) is 14.7 Å². The van der Waals surface area contributed by atoms with Gasteiger partial charge in [0.15, 0.2) is 5.03 Å². The number of nitrogens with one attached hydrogen (secondary N) is 2. The number of ether oxygens (including phenoxy) is 1. The Hall–Kier alpha value is -0.920. The number of rotatable bonds is 3. The van der Waals surface area contributed by atoms with Crippen molar-refractivity contribution in [3.8, 4) is 0 Å². The highest BCUT2D eigenvalue weighted by Gasteiger charge is 2.33. The molecule has 1 saturated heterocycles. The van der Waals surface area contributed by atoms with Gasteiger partial charge < -0.3 is 9.72 Å². The lowest BCUT2D eigenvalue weighted by molar-refractivity contribution is 0.0537. The van der Waals surface area contributed by atoms with Crippen LogP contribution in [-0.4, -0.2) is 37.1 Å². The van der Waals surface area contributed by atoms with E-state index in [9.17, 15) is 8.42 Å². The minimum Gasteiger partial charge on any atom is -0.381 e. The zero-order chi connectivity index (χ0) is 12.5. The molecule has 2 N–H and O–H groups in total. The van der Waals surface area contributed by atoms with Crippen LogP contribution in [0.4, 0.5) is 0 Å². The van der Waals surface area contributed by atoms with E-state index in [1.165, 1.54) is 6.20 Å². The molecule has 7 heteroatoms. The van der Waals surface area contributed by atoms with E-state index in [-0.39, 0.29) is 5.03 Å². The van der Waals surface area contributed by atoms with Crippen LogP contribution in [0.5, 0.6) is 0 Å². The molecular weight excluding hydrogens is 242 g/mol. The Kier molecular flexibility index (Phi) is 3.24. The SMILES string of the molecule is Cc1ncc(S(=O)(=O)NC2(C)CCOCC2)[nH]1. The van der Waals surface area contributed by atoms with Gasteiger partial charge in [0, 0.05) is 18.8 Å². The highest BCUT2D eigenvalue weighted by Crippen LogP contribution is 2.22. The molecule has 0 unspecified atom stereocenters. The number of hydrogen-bond acceptors (Lipinski definition) is 4. The Morgan fingerprint density at radius 3 is 2.65 bits per heavy atom. The van der Waals surface area contributed by atoms with Crippen molar-refractivity contribution in [2.45, 2.75) is 37.3 Å². The smallest absolute Gasteiger partial charge is 0.258 e. The average molecular weight is 259 g/mol. The average Bonchev–Trinajstić information content (AvgIpc) is 2.65. The minimum absolute atomic E-state index is 0.114. The number of aromatic amines is 1. The maximum atomic E-state index is 12.1. The van der Waals surface area contributed by atoms with Gasteiger partial charge in [-0.3, -0.25) is 0 Å². The van der Waals surface area contributed by atoms with Crippen molar-refractivity contribution in [2.24, 2.45) is 0 Å². The van der Waals surface area contributed by atoms with E-state index in [4.69, 9.17) is 4.74 Å². The lowest BCUT2D eigenvalue weighted by atomic mass is 9.94. The van der Waals surface area contributed by atoms with Crippen molar-refractivity contribution >= 4 is 10.0 Å². The van der Waals surface area contributed by atoms with Gasteiger partial charge in [-0.05, 0) is 26.7 Å². The van der Waals surface area contributed by atoms with Gasteiger partial charge in [-0.2, -0.15) is 0 Å². The molecule has 2 heterocycles. The summed E-state index contributed by atoms with van der Waals surface area (Å²) in [6, 6.07) is 0. The quantitative estimate of drug-likeness (QED) is 0.831. The Labute approximate surface area is 101 Å². The molecule has 0 aliphatic carbocycles. The molecule has 0 radical (unpaired) electrons. The van der Waals surface area contributed by atoms with E-state index in [0.29, 0.717) is 31.9 Å². The Balaban J connectivity index is 2.17. The van der Waals surface area contributed by atoms with Crippen LogP contribution in [0.25, 0.3) is 0 Å². The van der Waals surface area contributed by atoms with Gasteiger partial charge in [0.2, 0.25) is 0 Å². The zero-order valence-corrected chi connectivity index (χ0v) is 10.8. The first-order valence-corrected chi connectivity index (χ1v) is 7.03. The van der Waals surface area contributed by atoms with Crippen molar-refractivity contribution < 1.29 is 13.2 Å². The Morgan fingerprint density at radius 1 is 1.47 bits per heavy atom. The number of imidazole rings is 1. The molecule has 0 saturated carbocycles. The predicted octanol–water partition coefficient (Wildman–Crippen LogP) is 0.566. The molecule has 0 spiro atoms. The van der Waals surface area contributed by atoms with E-state index in [0.717, 1.165) is 0 Å². The largest absolute Gasteiger partial charge is 0.381 e. The molecule has 6 nitrogen and oxygen atoms in total. The molecule has 0 amide bonds. The third-order valence-corrected chi connectivity index (χ3v) is 4.49. The summed E-state index contributed by atoms with van der Waals surface area (Å²) in [6.45, 7) is 4.79. The molecule has 0 aromatic carbocycles. The lowest BCUT2D eigenvalue weighted by Gasteiger charge is -2.33. The Morgan fingerprint density at radius 2 is 2.12 bits per heavy atom. The fraction of sp³-hybridized carbons (Fsp3) is 0.700. The van der Waals surface area contributed by atoms with Crippen LogP contribution in [0.15, 0.2) is 11.2 Å². The summed E-state index contributed by atoms with van der Waals surface area (Å²) < 4.78 is 32.1. The second-order valence-electron chi connectivity index (χ2n) is 4.61. The number of sulfonamides is 1. The van der Waals surface area contributed by atoms with Crippen LogP contribution in [0.3, 0.4) is 0 Å². The van der Waals surface area contributed by atoms with E-state index >= 15 is 0 Å². The van der Waals surface area contributed by atoms with Gasteiger partial charge in [-0.25, -0.2) is 18.1 Å². The number of aryl methyl sites for hydroxylation is 1. The van der Waals surface area contributed by atoms with Crippen LogP contribution >= 0.6 is 0 Å². The summed E-state index contributed by atoms with van der Waals surface area (Å²) >= 11 is 0. The van der Waals surface area contributed by atoms with Crippen molar-refractivity contribution in [2.75, 3.05) is 13.2 Å². The van der Waals surface area contributed by atoms with Gasteiger partial charge in [0.05, 0.1) is 6.20 Å². The topological polar surface area (TPSA) is 84.1 Å².